The molecule has 0 atom stereocenters. The molecule has 2 aromatic carbocycles. The average Bonchev–Trinajstić information content (AvgIpc) is 2.64. The van der Waals surface area contributed by atoms with Crippen LogP contribution >= 0.6 is 0 Å². The number of alkyl halides is 3. The van der Waals surface area contributed by atoms with E-state index in [9.17, 15) is 18.0 Å². The van der Waals surface area contributed by atoms with Crippen molar-refractivity contribution < 1.29 is 22.7 Å². The number of nitrogens with one attached hydrogen (secondary N) is 1. The Bertz CT molecular complexity index is 746. The third-order valence-corrected chi connectivity index (χ3v) is 4.06. The van der Waals surface area contributed by atoms with E-state index < -0.39 is 11.7 Å². The molecule has 7 heteroatoms. The fourth-order valence-corrected chi connectivity index (χ4v) is 2.53. The summed E-state index contributed by atoms with van der Waals surface area (Å²) in [6.45, 7) is 3.56. The maximum absolute atomic E-state index is 12.6. The Kier molecular flexibility index (Phi) is 7.24. The average molecular weight is 380 g/mol. The van der Waals surface area contributed by atoms with Gasteiger partial charge in [-0.05, 0) is 35.7 Å². The summed E-state index contributed by atoms with van der Waals surface area (Å²) in [6, 6.07) is 12.2. The lowest BCUT2D eigenvalue weighted by Gasteiger charge is -2.19. The molecule has 0 bridgehead atoms. The maximum Gasteiger partial charge on any atom is 0.416 e. The molecule has 1 N–H and O–H groups in total. The number of rotatable bonds is 7. The topological polar surface area (TPSA) is 41.6 Å². The molecular weight excluding hydrogens is 357 g/mol. The summed E-state index contributed by atoms with van der Waals surface area (Å²) < 4.78 is 43.2. The molecule has 0 spiro atoms. The summed E-state index contributed by atoms with van der Waals surface area (Å²) >= 11 is 0. The number of amides is 2. The van der Waals surface area contributed by atoms with Crippen molar-refractivity contribution in [2.75, 3.05) is 13.7 Å². The van der Waals surface area contributed by atoms with Crippen LogP contribution in [0.4, 0.5) is 18.0 Å². The molecule has 0 heterocycles. The van der Waals surface area contributed by atoms with Crippen LogP contribution in [-0.2, 0) is 30.6 Å². The normalized spacial score (nSPS) is 11.3. The van der Waals surface area contributed by atoms with Crippen molar-refractivity contribution in [2.24, 2.45) is 0 Å². The van der Waals surface area contributed by atoms with Crippen LogP contribution in [0.25, 0.3) is 0 Å². The Morgan fingerprint density at radius 3 is 2.30 bits per heavy atom. The van der Waals surface area contributed by atoms with E-state index in [0.717, 1.165) is 23.3 Å². The van der Waals surface area contributed by atoms with E-state index in [1.165, 1.54) is 17.0 Å². The van der Waals surface area contributed by atoms with Gasteiger partial charge in [0.15, 0.2) is 0 Å². The van der Waals surface area contributed by atoms with E-state index in [2.05, 4.69) is 5.32 Å². The van der Waals surface area contributed by atoms with Crippen molar-refractivity contribution in [1.29, 1.82) is 0 Å². The number of halogens is 3. The molecule has 2 aromatic rings. The van der Waals surface area contributed by atoms with Crippen LogP contribution in [0.15, 0.2) is 48.5 Å². The Hall–Kier alpha value is -2.54. The van der Waals surface area contributed by atoms with E-state index in [1.54, 1.807) is 7.05 Å². The van der Waals surface area contributed by atoms with Gasteiger partial charge in [-0.2, -0.15) is 13.2 Å². The first-order chi connectivity index (χ1) is 12.8. The van der Waals surface area contributed by atoms with Crippen LogP contribution < -0.4 is 5.32 Å². The van der Waals surface area contributed by atoms with Gasteiger partial charge in [0.2, 0.25) is 0 Å². The van der Waals surface area contributed by atoms with Gasteiger partial charge in [0.05, 0.1) is 12.2 Å². The third-order valence-electron chi connectivity index (χ3n) is 4.06. The summed E-state index contributed by atoms with van der Waals surface area (Å²) in [6.07, 6.45) is -4.36. The molecule has 4 nitrogen and oxygen atoms in total. The predicted octanol–water partition coefficient (Wildman–Crippen LogP) is 4.58. The lowest BCUT2D eigenvalue weighted by molar-refractivity contribution is -0.137. The van der Waals surface area contributed by atoms with Gasteiger partial charge >= 0.3 is 12.2 Å². The van der Waals surface area contributed by atoms with Crippen molar-refractivity contribution in [3.8, 4) is 0 Å². The summed E-state index contributed by atoms with van der Waals surface area (Å²) in [7, 11) is 1.60. The fraction of sp³-hybridized carbons (Fsp3) is 0.350. The second-order valence-corrected chi connectivity index (χ2v) is 6.12. The zero-order valence-electron chi connectivity index (χ0n) is 15.3. The minimum atomic E-state index is -4.36. The quantitative estimate of drug-likeness (QED) is 0.764. The standard InChI is InChI=1S/C20H23F3N2O2/c1-3-27-14-17-7-5-4-6-16(17)12-24-19(26)25(2)13-15-8-10-18(11-9-15)20(21,22)23/h4-11H,3,12-14H2,1-2H3,(H,24,26). The van der Waals surface area contributed by atoms with E-state index in [1.807, 2.05) is 31.2 Å². The summed E-state index contributed by atoms with van der Waals surface area (Å²) in [5, 5.41) is 2.82. The van der Waals surface area contributed by atoms with Crippen LogP contribution in [0.2, 0.25) is 0 Å². The molecule has 0 unspecified atom stereocenters. The highest BCUT2D eigenvalue weighted by Crippen LogP contribution is 2.29. The van der Waals surface area contributed by atoms with Crippen LogP contribution in [0.1, 0.15) is 29.2 Å². The third kappa shape index (κ3) is 6.29. The number of nitrogens with zero attached hydrogens (tertiary/aromatic N) is 1. The largest absolute Gasteiger partial charge is 0.416 e. The van der Waals surface area contributed by atoms with E-state index in [4.69, 9.17) is 4.74 Å². The van der Waals surface area contributed by atoms with Gasteiger partial charge < -0.3 is 15.0 Å². The Morgan fingerprint density at radius 1 is 1.07 bits per heavy atom. The van der Waals surface area contributed by atoms with Gasteiger partial charge in [-0.25, -0.2) is 4.79 Å². The molecule has 0 saturated carbocycles. The van der Waals surface area contributed by atoms with Crippen molar-refractivity contribution >= 4 is 6.03 Å². The minimum absolute atomic E-state index is 0.213. The predicted molar refractivity (Wildman–Crippen MR) is 96.9 cm³/mol. The van der Waals surface area contributed by atoms with Crippen LogP contribution in [0.3, 0.4) is 0 Å². The number of hydrogen-bond donors (Lipinski definition) is 1. The molecule has 0 fully saturated rings. The molecule has 146 valence electrons. The second kappa shape index (κ2) is 9.41. The molecule has 0 saturated heterocycles. The van der Waals surface area contributed by atoms with E-state index in [-0.39, 0.29) is 12.6 Å². The lowest BCUT2D eigenvalue weighted by Crippen LogP contribution is -2.36. The maximum atomic E-state index is 12.6. The highest BCUT2D eigenvalue weighted by molar-refractivity contribution is 5.73. The van der Waals surface area contributed by atoms with Gasteiger partial charge in [0.1, 0.15) is 0 Å². The summed E-state index contributed by atoms with van der Waals surface area (Å²) in [5.74, 6) is 0. The fourth-order valence-electron chi connectivity index (χ4n) is 2.53. The molecule has 0 aliphatic heterocycles. The lowest BCUT2D eigenvalue weighted by atomic mass is 10.1. The summed E-state index contributed by atoms with van der Waals surface area (Å²) in [5.41, 5.74) is 1.88. The zero-order valence-corrected chi connectivity index (χ0v) is 15.3. The van der Waals surface area contributed by atoms with E-state index in [0.29, 0.717) is 25.3 Å². The van der Waals surface area contributed by atoms with Crippen molar-refractivity contribution in [3.05, 3.63) is 70.8 Å². The van der Waals surface area contributed by atoms with Gasteiger partial charge in [-0.3, -0.25) is 0 Å². The Balaban J connectivity index is 1.91. The molecular formula is C20H23F3N2O2. The second-order valence-electron chi connectivity index (χ2n) is 6.12. The highest BCUT2D eigenvalue weighted by Gasteiger charge is 2.29. The molecule has 0 radical (unpaired) electrons. The monoisotopic (exact) mass is 380 g/mol. The summed E-state index contributed by atoms with van der Waals surface area (Å²) in [4.78, 5) is 13.7. The smallest absolute Gasteiger partial charge is 0.377 e. The van der Waals surface area contributed by atoms with Crippen molar-refractivity contribution in [1.82, 2.24) is 10.2 Å². The number of carbonyl (C=O) groups is 1. The first kappa shape index (κ1) is 20.8. The highest BCUT2D eigenvalue weighted by atomic mass is 19.4. The van der Waals surface area contributed by atoms with Gasteiger partial charge in [-0.1, -0.05) is 36.4 Å². The first-order valence-corrected chi connectivity index (χ1v) is 8.61. The van der Waals surface area contributed by atoms with Gasteiger partial charge in [0.25, 0.3) is 0 Å². The van der Waals surface area contributed by atoms with Crippen molar-refractivity contribution in [3.63, 3.8) is 0 Å². The van der Waals surface area contributed by atoms with Crippen LogP contribution in [0.5, 0.6) is 0 Å². The van der Waals surface area contributed by atoms with Crippen LogP contribution in [-0.4, -0.2) is 24.6 Å². The number of urea groups is 1. The number of hydrogen-bond acceptors (Lipinski definition) is 2. The van der Waals surface area contributed by atoms with Gasteiger partial charge in [-0.15, -0.1) is 0 Å². The molecule has 2 rings (SSSR count). The van der Waals surface area contributed by atoms with Gasteiger partial charge in [0, 0.05) is 26.7 Å². The molecule has 0 aliphatic carbocycles. The minimum Gasteiger partial charge on any atom is -0.377 e. The molecule has 27 heavy (non-hydrogen) atoms. The van der Waals surface area contributed by atoms with E-state index >= 15 is 0 Å². The van der Waals surface area contributed by atoms with Crippen molar-refractivity contribution in [2.45, 2.75) is 32.8 Å². The number of benzene rings is 2. The molecule has 2 amide bonds. The molecule has 0 aliphatic rings. The first-order valence-electron chi connectivity index (χ1n) is 8.61. The Labute approximate surface area is 156 Å². The van der Waals surface area contributed by atoms with Crippen LogP contribution in [0, 0.1) is 0 Å². The zero-order chi connectivity index (χ0) is 19.9. The SMILES string of the molecule is CCOCc1ccccc1CNC(=O)N(C)Cc1ccc(C(F)(F)F)cc1. The molecule has 0 aromatic heterocycles. The Morgan fingerprint density at radius 2 is 1.70 bits per heavy atom. The number of carbonyl (C=O) groups excluding carboxylic acids is 1. The number of ether oxygens (including phenoxy) is 1.